The van der Waals surface area contributed by atoms with E-state index >= 15 is 0 Å². The van der Waals surface area contributed by atoms with Gasteiger partial charge in [0.05, 0.1) is 30.9 Å². The van der Waals surface area contributed by atoms with Gasteiger partial charge in [-0.15, -0.1) is 0 Å². The van der Waals surface area contributed by atoms with Crippen LogP contribution in [-0.4, -0.2) is 53.1 Å². The van der Waals surface area contributed by atoms with Gasteiger partial charge in [-0.3, -0.25) is 4.79 Å². The summed E-state index contributed by atoms with van der Waals surface area (Å²) in [5, 5.41) is 12.5. The van der Waals surface area contributed by atoms with Crippen LogP contribution in [0.1, 0.15) is 86.2 Å². The molecule has 0 bridgehead atoms. The van der Waals surface area contributed by atoms with Gasteiger partial charge in [-0.05, 0) is 76.6 Å². The van der Waals surface area contributed by atoms with Gasteiger partial charge in [0.15, 0.2) is 5.78 Å². The molecule has 1 aliphatic rings. The van der Waals surface area contributed by atoms with Crippen LogP contribution in [0.25, 0.3) is 0 Å². The number of carboxylic acids is 1. The number of hydrogen-bond acceptors (Lipinski definition) is 5. The molecule has 0 heterocycles. The maximum absolute atomic E-state index is 13.5. The van der Waals surface area contributed by atoms with Gasteiger partial charge in [-0.2, -0.15) is 0 Å². The van der Waals surface area contributed by atoms with Gasteiger partial charge in [0.25, 0.3) is 0 Å². The van der Waals surface area contributed by atoms with Crippen LogP contribution in [0, 0.1) is 6.92 Å². The van der Waals surface area contributed by atoms with Crippen molar-refractivity contribution in [1.29, 1.82) is 0 Å². The fraction of sp³-hybridized carbons (Fsp3) is 0.483. The Morgan fingerprint density at radius 2 is 1.78 bits per heavy atom. The van der Waals surface area contributed by atoms with Gasteiger partial charge in [0, 0.05) is 6.54 Å². The van der Waals surface area contributed by atoms with E-state index in [1.165, 1.54) is 6.92 Å². The fourth-order valence-corrected chi connectivity index (χ4v) is 4.75. The molecule has 0 spiro atoms. The molecule has 2 aromatic carbocycles. The van der Waals surface area contributed by atoms with Crippen molar-refractivity contribution in [2.75, 3.05) is 19.8 Å². The summed E-state index contributed by atoms with van der Waals surface area (Å²) >= 11 is 0. The van der Waals surface area contributed by atoms with E-state index in [9.17, 15) is 19.5 Å². The largest absolute Gasteiger partial charge is 0.493 e. The molecule has 1 fully saturated rings. The number of Topliss-reactive ketones (excluding diaryl/α,β-unsaturated/α-hetero) is 1. The van der Waals surface area contributed by atoms with Crippen molar-refractivity contribution in [2.45, 2.75) is 71.6 Å². The summed E-state index contributed by atoms with van der Waals surface area (Å²) in [6.07, 6.45) is 1.39. The van der Waals surface area contributed by atoms with Gasteiger partial charge in [0.2, 0.25) is 0 Å². The third kappa shape index (κ3) is 6.31. The minimum Gasteiger partial charge on any atom is -0.493 e. The smallest absolute Gasteiger partial charge is 0.329 e. The average molecular weight is 511 g/mol. The topological polar surface area (TPSA) is 105 Å². The first-order valence-corrected chi connectivity index (χ1v) is 12.9. The quantitative estimate of drug-likeness (QED) is 0.368. The van der Waals surface area contributed by atoms with Crippen LogP contribution < -0.4 is 10.1 Å². The molecule has 8 heteroatoms. The van der Waals surface area contributed by atoms with E-state index in [2.05, 4.69) is 5.32 Å². The molecule has 3 rings (SSSR count). The third-order valence-corrected chi connectivity index (χ3v) is 7.23. The Balaban J connectivity index is 1.87. The summed E-state index contributed by atoms with van der Waals surface area (Å²) in [5.74, 6) is -0.610. The number of ketones is 1. The molecule has 0 radical (unpaired) electrons. The molecule has 200 valence electrons. The Labute approximate surface area is 219 Å². The molecule has 1 saturated carbocycles. The van der Waals surface area contributed by atoms with Crippen molar-refractivity contribution in [3.8, 4) is 5.75 Å². The zero-order valence-electron chi connectivity index (χ0n) is 22.4. The maximum atomic E-state index is 13.5. The van der Waals surface area contributed by atoms with E-state index in [0.717, 1.165) is 23.1 Å². The van der Waals surface area contributed by atoms with Gasteiger partial charge in [-0.1, -0.05) is 36.4 Å². The summed E-state index contributed by atoms with van der Waals surface area (Å²) in [6.45, 7) is 9.97. The molecule has 0 saturated heterocycles. The van der Waals surface area contributed by atoms with Crippen LogP contribution in [0.4, 0.5) is 4.79 Å². The number of carboxylic acid groups (broad SMARTS) is 1. The number of urea groups is 1. The molecule has 0 unspecified atom stereocenters. The van der Waals surface area contributed by atoms with E-state index in [4.69, 9.17) is 9.47 Å². The van der Waals surface area contributed by atoms with Crippen molar-refractivity contribution in [3.05, 3.63) is 64.7 Å². The number of hydrogen-bond donors (Lipinski definition) is 2. The molecule has 37 heavy (non-hydrogen) atoms. The van der Waals surface area contributed by atoms with Gasteiger partial charge < -0.3 is 24.8 Å². The van der Waals surface area contributed by atoms with Crippen LogP contribution >= 0.6 is 0 Å². The predicted octanol–water partition coefficient (Wildman–Crippen LogP) is 5.45. The highest BCUT2D eigenvalue weighted by Crippen LogP contribution is 2.35. The SMILES string of the molecule is CCOc1c(C(C)=O)ccc([C@@H](C)N(CCO[C@H](C)c2ccccc2)C(=O)NC2(C(=O)O)CCC2)c1C. The Morgan fingerprint density at radius 3 is 2.32 bits per heavy atom. The molecule has 0 aromatic heterocycles. The third-order valence-electron chi connectivity index (χ3n) is 7.23. The van der Waals surface area contributed by atoms with Crippen molar-refractivity contribution in [3.63, 3.8) is 0 Å². The second-order valence-corrected chi connectivity index (χ2v) is 9.61. The lowest BCUT2D eigenvalue weighted by molar-refractivity contribution is -0.148. The van der Waals surface area contributed by atoms with Crippen LogP contribution in [0.3, 0.4) is 0 Å². The van der Waals surface area contributed by atoms with E-state index in [1.807, 2.05) is 64.1 Å². The summed E-state index contributed by atoms with van der Waals surface area (Å²) in [6, 6.07) is 12.5. The molecule has 8 nitrogen and oxygen atoms in total. The van der Waals surface area contributed by atoms with E-state index < -0.39 is 23.6 Å². The standard InChI is InChI=1S/C29H38N2O6/c1-6-36-26-19(2)24(13-14-25(26)21(4)32)20(3)31(28(35)30-29(27(33)34)15-10-16-29)17-18-37-22(5)23-11-8-7-9-12-23/h7-9,11-14,20,22H,6,10,15-18H2,1-5H3,(H,30,35)(H,33,34)/t20-,22-/m1/s1. The number of rotatable bonds is 12. The van der Waals surface area contributed by atoms with Crippen LogP contribution in [-0.2, 0) is 9.53 Å². The minimum absolute atomic E-state index is 0.1000. The lowest BCUT2D eigenvalue weighted by Gasteiger charge is -2.41. The molecule has 0 aliphatic heterocycles. The predicted molar refractivity (Wildman–Crippen MR) is 141 cm³/mol. The minimum atomic E-state index is -1.24. The first kappa shape index (κ1) is 28.2. The van der Waals surface area contributed by atoms with Crippen LogP contribution in [0.15, 0.2) is 42.5 Å². The number of ether oxygens (including phenoxy) is 2. The van der Waals surface area contributed by atoms with Gasteiger partial charge in [0.1, 0.15) is 11.3 Å². The summed E-state index contributed by atoms with van der Waals surface area (Å²) in [5.41, 5.74) is 1.87. The number of benzene rings is 2. The Morgan fingerprint density at radius 1 is 1.11 bits per heavy atom. The Bertz CT molecular complexity index is 1110. The molecule has 2 amide bonds. The maximum Gasteiger partial charge on any atom is 0.329 e. The number of carbonyl (C=O) groups excluding carboxylic acids is 2. The fourth-order valence-electron chi connectivity index (χ4n) is 4.75. The average Bonchev–Trinajstić information content (AvgIpc) is 2.84. The first-order chi connectivity index (χ1) is 17.6. The molecule has 2 N–H and O–H groups in total. The Kier molecular flexibility index (Phi) is 9.32. The number of nitrogens with zero attached hydrogens (tertiary/aromatic N) is 1. The number of nitrogens with one attached hydrogen (secondary N) is 1. The highest BCUT2D eigenvalue weighted by molar-refractivity contribution is 5.97. The molecular weight excluding hydrogens is 472 g/mol. The second-order valence-electron chi connectivity index (χ2n) is 9.61. The number of carbonyl (C=O) groups is 3. The summed E-state index contributed by atoms with van der Waals surface area (Å²) < 4.78 is 11.9. The number of amides is 2. The molecule has 1 aliphatic carbocycles. The molecule has 2 aromatic rings. The van der Waals surface area contributed by atoms with Crippen molar-refractivity contribution in [2.24, 2.45) is 0 Å². The summed E-state index contributed by atoms with van der Waals surface area (Å²) in [7, 11) is 0. The number of aliphatic carboxylic acids is 1. The van der Waals surface area contributed by atoms with Crippen molar-refractivity contribution >= 4 is 17.8 Å². The van der Waals surface area contributed by atoms with Crippen molar-refractivity contribution < 1.29 is 29.0 Å². The van der Waals surface area contributed by atoms with E-state index in [1.54, 1.807) is 11.0 Å². The normalized spacial score (nSPS) is 15.7. The van der Waals surface area contributed by atoms with Crippen molar-refractivity contribution in [1.82, 2.24) is 10.2 Å². The molecular formula is C29H38N2O6. The van der Waals surface area contributed by atoms with E-state index in [-0.39, 0.29) is 25.0 Å². The van der Waals surface area contributed by atoms with Crippen LogP contribution in [0.2, 0.25) is 0 Å². The lowest BCUT2D eigenvalue weighted by atomic mass is 9.77. The Hall–Kier alpha value is -3.39. The lowest BCUT2D eigenvalue weighted by Crippen LogP contribution is -2.62. The summed E-state index contributed by atoms with van der Waals surface area (Å²) in [4.78, 5) is 39.2. The van der Waals surface area contributed by atoms with Gasteiger partial charge >= 0.3 is 12.0 Å². The second kappa shape index (κ2) is 12.2. The van der Waals surface area contributed by atoms with E-state index in [0.29, 0.717) is 30.8 Å². The first-order valence-electron chi connectivity index (χ1n) is 12.9. The highest BCUT2D eigenvalue weighted by atomic mass is 16.5. The highest BCUT2D eigenvalue weighted by Gasteiger charge is 2.46. The molecule has 2 atom stereocenters. The van der Waals surface area contributed by atoms with Crippen LogP contribution in [0.5, 0.6) is 5.75 Å². The van der Waals surface area contributed by atoms with Gasteiger partial charge in [-0.25, -0.2) is 9.59 Å². The monoisotopic (exact) mass is 510 g/mol. The zero-order chi connectivity index (χ0) is 27.2. The zero-order valence-corrected chi connectivity index (χ0v) is 22.4.